The first-order chi connectivity index (χ1) is 29.6. The molecule has 0 radical (unpaired) electrons. The number of aliphatic imine (C=N–C) groups is 2. The van der Waals surface area contributed by atoms with Crippen LogP contribution in [0.4, 0.5) is 5.82 Å². The van der Waals surface area contributed by atoms with Crippen molar-refractivity contribution in [2.75, 3.05) is 13.1 Å². The molecule has 4 N–H and O–H groups in total. The summed E-state index contributed by atoms with van der Waals surface area (Å²) in [5.41, 5.74) is 5.27. The molecule has 0 atom stereocenters. The number of pyridine rings is 1. The topological polar surface area (TPSA) is 207 Å². The van der Waals surface area contributed by atoms with Crippen molar-refractivity contribution in [3.05, 3.63) is 130 Å². The summed E-state index contributed by atoms with van der Waals surface area (Å²) >= 11 is 0. The summed E-state index contributed by atoms with van der Waals surface area (Å²) in [4.78, 5) is 34.7. The number of carbonyl (C=O) groups excluding carboxylic acids is 1. The molecule has 2 aromatic carbocycles. The van der Waals surface area contributed by atoms with Crippen molar-refractivity contribution < 1.29 is 45.2 Å². The number of fused-ring (bicyclic) bond motifs is 2. The van der Waals surface area contributed by atoms with Crippen molar-refractivity contribution in [3.63, 3.8) is 0 Å². The molecule has 63 heavy (non-hydrogen) atoms. The number of carboxylic acid groups (broad SMARTS) is 1. The molecule has 0 saturated carbocycles. The number of amidine groups is 1. The Morgan fingerprint density at radius 1 is 0.810 bits per heavy atom. The van der Waals surface area contributed by atoms with E-state index in [1.165, 1.54) is 36.4 Å². The molecule has 0 aliphatic carbocycles. The molecule has 1 aromatic heterocycles. The third kappa shape index (κ3) is 11.2. The second kappa shape index (κ2) is 18.5. The molecule has 0 spiro atoms. The minimum atomic E-state index is -4.34. The van der Waals surface area contributed by atoms with E-state index in [1.807, 2.05) is 54.4 Å². The lowest BCUT2D eigenvalue weighted by Crippen LogP contribution is -2.32. The van der Waals surface area contributed by atoms with Gasteiger partial charge in [-0.2, -0.15) is 16.8 Å². The second-order valence-electron chi connectivity index (χ2n) is 16.3. The number of aliphatic carboxylic acids is 1. The molecule has 1 amide bonds. The number of benzene rings is 2. The Balaban J connectivity index is 1.21. The Kier molecular flexibility index (Phi) is 13.5. The number of carboxylic acids is 1. The fourth-order valence-electron chi connectivity index (χ4n) is 7.20. The van der Waals surface area contributed by atoms with E-state index in [4.69, 9.17) is 15.1 Å². The molecule has 6 rings (SSSR count). The van der Waals surface area contributed by atoms with Crippen molar-refractivity contribution in [1.82, 2.24) is 10.2 Å². The van der Waals surface area contributed by atoms with Crippen molar-refractivity contribution in [3.8, 4) is 23.7 Å². The number of nitrogens with zero attached hydrogens (tertiary/aromatic N) is 4. The number of unbranched alkanes of at least 4 members (excludes halogenated alkanes) is 2. The molecule has 0 unspecified atom stereocenters. The summed E-state index contributed by atoms with van der Waals surface area (Å²) in [6, 6.07) is 13.4. The van der Waals surface area contributed by atoms with Gasteiger partial charge in [0.25, 0.3) is 20.2 Å². The summed E-state index contributed by atoms with van der Waals surface area (Å²) in [5.74, 6) is 13.0. The van der Waals surface area contributed by atoms with Gasteiger partial charge in [0.1, 0.15) is 12.0 Å². The molecule has 16 heteroatoms. The number of aromatic nitrogens is 1. The van der Waals surface area contributed by atoms with E-state index in [1.54, 1.807) is 12.1 Å². The van der Waals surface area contributed by atoms with Gasteiger partial charge in [-0.1, -0.05) is 50.0 Å². The van der Waals surface area contributed by atoms with Gasteiger partial charge in [-0.05, 0) is 105 Å². The van der Waals surface area contributed by atoms with Gasteiger partial charge in [0, 0.05) is 53.4 Å². The maximum atomic E-state index is 12.2. The summed E-state index contributed by atoms with van der Waals surface area (Å²) in [7, 11) is -6.72. The van der Waals surface area contributed by atoms with Crippen LogP contribution in [0, 0.1) is 29.1 Å². The predicted molar refractivity (Wildman–Crippen MR) is 238 cm³/mol. The van der Waals surface area contributed by atoms with Gasteiger partial charge in [-0.3, -0.25) is 18.7 Å². The van der Waals surface area contributed by atoms with Crippen LogP contribution in [0.15, 0.2) is 128 Å². The molecule has 3 aromatic rings. The van der Waals surface area contributed by atoms with Crippen LogP contribution in [0.5, 0.6) is 0 Å². The fourth-order valence-corrected chi connectivity index (χ4v) is 8.16. The van der Waals surface area contributed by atoms with E-state index < -0.39 is 37.0 Å². The number of carbonyl (C=O) groups is 2. The first kappa shape index (κ1) is 46.1. The van der Waals surface area contributed by atoms with Crippen LogP contribution < -0.4 is 9.88 Å². The van der Waals surface area contributed by atoms with Crippen molar-refractivity contribution in [2.45, 2.75) is 75.0 Å². The number of rotatable bonds is 13. The number of aryl methyl sites for hydroxylation is 1. The molecule has 3 aliphatic heterocycles. The average molecular weight is 891 g/mol. The van der Waals surface area contributed by atoms with E-state index in [9.17, 15) is 35.5 Å². The van der Waals surface area contributed by atoms with Crippen LogP contribution in [0.25, 0.3) is 0 Å². The maximum Gasteiger partial charge on any atom is 0.327 e. The quantitative estimate of drug-likeness (QED) is 0.0684. The largest absolute Gasteiger partial charge is 0.481 e. The van der Waals surface area contributed by atoms with Gasteiger partial charge < -0.3 is 15.3 Å². The maximum absolute atomic E-state index is 12.2. The number of nitrogens with one attached hydrogen (secondary N) is 1. The fraction of sp³-hybridized carbons (Fsp3) is 0.298. The number of hydrogen-bond donors (Lipinski definition) is 4. The van der Waals surface area contributed by atoms with E-state index in [2.05, 4.69) is 61.6 Å². The zero-order valence-corrected chi connectivity index (χ0v) is 37.1. The van der Waals surface area contributed by atoms with Gasteiger partial charge in [-0.15, -0.1) is 0 Å². The molecular weight excluding hydrogens is 843 g/mol. The molecule has 4 heterocycles. The van der Waals surface area contributed by atoms with Crippen LogP contribution in [0.2, 0.25) is 0 Å². The van der Waals surface area contributed by atoms with Crippen molar-refractivity contribution in [2.24, 2.45) is 22.4 Å². The third-order valence-electron chi connectivity index (χ3n) is 10.9. The second-order valence-corrected chi connectivity index (χ2v) is 19.2. The lowest BCUT2D eigenvalue weighted by Gasteiger charge is -2.29. The van der Waals surface area contributed by atoms with Crippen LogP contribution in [-0.4, -0.2) is 72.5 Å². The third-order valence-corrected chi connectivity index (χ3v) is 12.6. The average Bonchev–Trinajstić information content (AvgIpc) is 3.62. The first-order valence-electron chi connectivity index (χ1n) is 20.1. The van der Waals surface area contributed by atoms with Gasteiger partial charge in [0.2, 0.25) is 5.91 Å². The Hall–Kier alpha value is -6.43. The molecule has 0 fully saturated rings. The zero-order chi connectivity index (χ0) is 45.7. The van der Waals surface area contributed by atoms with Crippen molar-refractivity contribution in [1.29, 1.82) is 0 Å². The minimum absolute atomic E-state index is 0.0939. The highest BCUT2D eigenvalue weighted by atomic mass is 32.2. The van der Waals surface area contributed by atoms with E-state index in [0.717, 1.165) is 58.2 Å². The van der Waals surface area contributed by atoms with E-state index in [-0.39, 0.29) is 28.7 Å². The van der Waals surface area contributed by atoms with Gasteiger partial charge in [0.05, 0.1) is 45.5 Å². The van der Waals surface area contributed by atoms with Gasteiger partial charge in [-0.25, -0.2) is 9.56 Å². The minimum Gasteiger partial charge on any atom is -0.481 e. The number of hydrogen-bond acceptors (Lipinski definition) is 9. The predicted octanol–water partition coefficient (Wildman–Crippen LogP) is 5.98. The summed E-state index contributed by atoms with van der Waals surface area (Å²) in [5, 5.41) is 11.5. The molecule has 326 valence electrons. The standard InChI is InChI=1S/C47H47N5O9S2/c1-46(2)38-28-34(15-13-32-17-21-36(22-18-32)62(56,57)58)30-51(5)44(38)49-40(46)10-9-11-41-47(3,4)39-29-35(16-14-33-19-23-37(24-20-33)63(59,60)61)31-52(45(39)50-41)27-8-6-7-12-42(53)48-26-25-43(54)55/h9-11,17-24,28-31H,6-8,12,25-27H2,1-5H3,(H3-,48,53,54,55,56,57,58,59,60,61)/p+1. The highest BCUT2D eigenvalue weighted by molar-refractivity contribution is 7.86. The summed E-state index contributed by atoms with van der Waals surface area (Å²) < 4.78 is 66.5. The van der Waals surface area contributed by atoms with Crippen LogP contribution in [0.1, 0.15) is 82.1 Å². The van der Waals surface area contributed by atoms with Crippen LogP contribution in [0.3, 0.4) is 0 Å². The van der Waals surface area contributed by atoms with Gasteiger partial charge >= 0.3 is 11.8 Å². The van der Waals surface area contributed by atoms with E-state index in [0.29, 0.717) is 30.5 Å². The Bertz CT molecular complexity index is 2900. The highest BCUT2D eigenvalue weighted by Gasteiger charge is 2.43. The normalized spacial score (nSPS) is 16.7. The lowest BCUT2D eigenvalue weighted by molar-refractivity contribution is -0.658. The molecule has 3 aliphatic rings. The Morgan fingerprint density at radius 2 is 1.41 bits per heavy atom. The van der Waals surface area contributed by atoms with Crippen LogP contribution in [-0.2, 0) is 42.3 Å². The van der Waals surface area contributed by atoms with Crippen LogP contribution >= 0.6 is 0 Å². The molecule has 14 nitrogen and oxygen atoms in total. The van der Waals surface area contributed by atoms with E-state index >= 15 is 0 Å². The molecule has 0 bridgehead atoms. The Labute approximate surface area is 368 Å². The SMILES string of the molecule is C[n+]1cc(C#Cc2ccc(S(=O)(=O)O)cc2)cc2c1N=C(/C=C/C=C1\N=C3C(=CC(C#Cc4ccc(S(=O)(=O)O)cc4)=CN3CCCCCC(=O)NCCC(=O)O)C1(C)C)C2(C)C. The van der Waals surface area contributed by atoms with Crippen molar-refractivity contribution >= 4 is 49.5 Å². The zero-order valence-electron chi connectivity index (χ0n) is 35.5. The Morgan fingerprint density at radius 3 is 2.02 bits per heavy atom. The highest BCUT2D eigenvalue weighted by Crippen LogP contribution is 2.45. The first-order valence-corrected chi connectivity index (χ1v) is 23.0. The lowest BCUT2D eigenvalue weighted by atomic mass is 9.80. The summed E-state index contributed by atoms with van der Waals surface area (Å²) in [6.07, 6.45) is 14.0. The number of amides is 1. The summed E-state index contributed by atoms with van der Waals surface area (Å²) in [6.45, 7) is 9.08. The number of allylic oxidation sites excluding steroid dienone is 6. The monoisotopic (exact) mass is 890 g/mol. The smallest absolute Gasteiger partial charge is 0.327 e. The molecule has 0 saturated heterocycles. The molecular formula is C47H48N5O9S2+. The van der Waals surface area contributed by atoms with Gasteiger partial charge in [0.15, 0.2) is 5.71 Å².